The van der Waals surface area contributed by atoms with Crippen molar-refractivity contribution in [2.75, 3.05) is 21.0 Å². The Morgan fingerprint density at radius 3 is 1.10 bits per heavy atom. The second-order valence-electron chi connectivity index (χ2n) is 8.28. The molecule has 20 heavy (non-hydrogen) atoms. The molecule has 0 fully saturated rings. The maximum absolute atomic E-state index is 5.52. The standard InChI is InChI=1S/C9H20O2.C8H18O/c1-8(2,3)9(4,5)11-7-10-6;1-7(2,3)8(4,5)9-6/h7H2,1-6H3;1-6H3. The Bertz CT molecular complexity index is 254. The lowest BCUT2D eigenvalue weighted by molar-refractivity contribution is -0.157. The van der Waals surface area contributed by atoms with E-state index in [4.69, 9.17) is 14.2 Å². The molecule has 0 N–H and O–H groups in total. The van der Waals surface area contributed by atoms with Crippen molar-refractivity contribution in [1.82, 2.24) is 0 Å². The summed E-state index contributed by atoms with van der Waals surface area (Å²) in [6, 6.07) is 0. The van der Waals surface area contributed by atoms with Gasteiger partial charge in [0.25, 0.3) is 0 Å². The van der Waals surface area contributed by atoms with Gasteiger partial charge in [0, 0.05) is 14.2 Å². The SMILES string of the molecule is COC(C)(C)C(C)(C)C.COCOC(C)(C)C(C)(C)C. The Labute approximate surface area is 127 Å². The highest BCUT2D eigenvalue weighted by molar-refractivity contribution is 4.83. The van der Waals surface area contributed by atoms with E-state index in [0.29, 0.717) is 6.79 Å². The smallest absolute Gasteiger partial charge is 0.147 e. The summed E-state index contributed by atoms with van der Waals surface area (Å²) in [5, 5.41) is 0. The first-order valence-corrected chi connectivity index (χ1v) is 7.30. The van der Waals surface area contributed by atoms with Crippen molar-refractivity contribution in [1.29, 1.82) is 0 Å². The van der Waals surface area contributed by atoms with Gasteiger partial charge in [-0.1, -0.05) is 41.5 Å². The summed E-state index contributed by atoms with van der Waals surface area (Å²) in [6.07, 6.45) is 0. The third kappa shape index (κ3) is 7.61. The second kappa shape index (κ2) is 7.77. The Hall–Kier alpha value is -0.120. The largest absolute Gasteiger partial charge is 0.378 e. The third-order valence-corrected chi connectivity index (χ3v) is 4.66. The third-order valence-electron chi connectivity index (χ3n) is 4.66. The van der Waals surface area contributed by atoms with Crippen LogP contribution in [0.1, 0.15) is 69.2 Å². The van der Waals surface area contributed by atoms with Crippen molar-refractivity contribution in [2.45, 2.75) is 80.4 Å². The molecule has 0 unspecified atom stereocenters. The van der Waals surface area contributed by atoms with E-state index in [1.54, 1.807) is 14.2 Å². The van der Waals surface area contributed by atoms with Crippen LogP contribution in [0.25, 0.3) is 0 Å². The summed E-state index contributed by atoms with van der Waals surface area (Å²) in [4.78, 5) is 0. The van der Waals surface area contributed by atoms with Gasteiger partial charge in [-0.05, 0) is 38.5 Å². The van der Waals surface area contributed by atoms with E-state index in [2.05, 4.69) is 69.2 Å². The van der Waals surface area contributed by atoms with E-state index in [-0.39, 0.29) is 22.0 Å². The first-order chi connectivity index (χ1) is 8.62. The van der Waals surface area contributed by atoms with Crippen molar-refractivity contribution in [3.63, 3.8) is 0 Å². The fourth-order valence-electron chi connectivity index (χ4n) is 0.729. The lowest BCUT2D eigenvalue weighted by atomic mass is 9.79. The van der Waals surface area contributed by atoms with Gasteiger partial charge >= 0.3 is 0 Å². The molecule has 0 saturated heterocycles. The molecule has 0 atom stereocenters. The summed E-state index contributed by atoms with van der Waals surface area (Å²) >= 11 is 0. The normalized spacial score (nSPS) is 13.8. The molecular formula is C17H38O3. The second-order valence-corrected chi connectivity index (χ2v) is 8.28. The molecule has 0 aliphatic rings. The van der Waals surface area contributed by atoms with E-state index >= 15 is 0 Å². The Morgan fingerprint density at radius 1 is 0.600 bits per heavy atom. The molecule has 0 heterocycles. The summed E-state index contributed by atoms with van der Waals surface area (Å²) in [6.45, 7) is 21.7. The van der Waals surface area contributed by atoms with E-state index in [1.165, 1.54) is 0 Å². The highest BCUT2D eigenvalue weighted by Crippen LogP contribution is 2.33. The topological polar surface area (TPSA) is 27.7 Å². The zero-order chi connectivity index (χ0) is 16.8. The molecule has 0 bridgehead atoms. The molecule has 0 aromatic rings. The molecule has 124 valence electrons. The van der Waals surface area contributed by atoms with Gasteiger partial charge in [0.1, 0.15) is 6.79 Å². The van der Waals surface area contributed by atoms with Crippen LogP contribution in [0.4, 0.5) is 0 Å². The van der Waals surface area contributed by atoms with Gasteiger partial charge in [-0.25, -0.2) is 0 Å². The van der Waals surface area contributed by atoms with Crippen molar-refractivity contribution < 1.29 is 14.2 Å². The molecule has 0 aromatic heterocycles. The van der Waals surface area contributed by atoms with Gasteiger partial charge in [0.2, 0.25) is 0 Å². The fourth-order valence-corrected chi connectivity index (χ4v) is 0.729. The number of hydrogen-bond acceptors (Lipinski definition) is 3. The molecule has 0 rings (SSSR count). The summed E-state index contributed by atoms with van der Waals surface area (Å²) in [5.41, 5.74) is 0.212. The number of methoxy groups -OCH3 is 2. The van der Waals surface area contributed by atoms with Crippen LogP contribution < -0.4 is 0 Å². The minimum atomic E-state index is -0.136. The molecule has 0 radical (unpaired) electrons. The van der Waals surface area contributed by atoms with E-state index in [9.17, 15) is 0 Å². The molecule has 3 nitrogen and oxygen atoms in total. The monoisotopic (exact) mass is 290 g/mol. The molecule has 0 aromatic carbocycles. The summed E-state index contributed by atoms with van der Waals surface area (Å²) in [5.74, 6) is 0. The first-order valence-electron chi connectivity index (χ1n) is 7.30. The van der Waals surface area contributed by atoms with Gasteiger partial charge in [-0.15, -0.1) is 0 Å². The van der Waals surface area contributed by atoms with Crippen LogP contribution in [0.3, 0.4) is 0 Å². The lowest BCUT2D eigenvalue weighted by Crippen LogP contribution is -2.39. The average Bonchev–Trinajstić information content (AvgIpc) is 2.24. The summed E-state index contributed by atoms with van der Waals surface area (Å²) in [7, 11) is 3.39. The average molecular weight is 290 g/mol. The van der Waals surface area contributed by atoms with Crippen molar-refractivity contribution in [2.24, 2.45) is 10.8 Å². The molecule has 3 heteroatoms. The van der Waals surface area contributed by atoms with E-state index in [0.717, 1.165) is 0 Å². The lowest BCUT2D eigenvalue weighted by Gasteiger charge is -2.38. The molecule has 0 aliphatic carbocycles. The molecular weight excluding hydrogens is 252 g/mol. The van der Waals surface area contributed by atoms with Crippen molar-refractivity contribution >= 4 is 0 Å². The van der Waals surface area contributed by atoms with Crippen LogP contribution in [-0.4, -0.2) is 32.2 Å². The van der Waals surface area contributed by atoms with Gasteiger partial charge in [0.05, 0.1) is 11.2 Å². The molecule has 0 amide bonds. The molecule has 0 spiro atoms. The minimum absolute atomic E-state index is 0.0208. The Morgan fingerprint density at radius 2 is 0.950 bits per heavy atom. The van der Waals surface area contributed by atoms with E-state index in [1.807, 2.05) is 0 Å². The van der Waals surface area contributed by atoms with Crippen LogP contribution in [0, 0.1) is 10.8 Å². The van der Waals surface area contributed by atoms with Gasteiger partial charge in [-0.3, -0.25) is 0 Å². The number of ether oxygens (including phenoxy) is 3. The highest BCUT2D eigenvalue weighted by Gasteiger charge is 2.33. The predicted octanol–water partition coefficient (Wildman–Crippen LogP) is 4.89. The predicted molar refractivity (Wildman–Crippen MR) is 87.0 cm³/mol. The van der Waals surface area contributed by atoms with Crippen LogP contribution in [-0.2, 0) is 14.2 Å². The zero-order valence-corrected chi connectivity index (χ0v) is 15.9. The van der Waals surface area contributed by atoms with Crippen LogP contribution in [0.15, 0.2) is 0 Å². The number of rotatable bonds is 4. The highest BCUT2D eigenvalue weighted by atomic mass is 16.7. The van der Waals surface area contributed by atoms with E-state index < -0.39 is 0 Å². The maximum Gasteiger partial charge on any atom is 0.147 e. The van der Waals surface area contributed by atoms with Crippen LogP contribution in [0.5, 0.6) is 0 Å². The summed E-state index contributed by atoms with van der Waals surface area (Å²) < 4.78 is 15.7. The minimum Gasteiger partial charge on any atom is -0.378 e. The zero-order valence-electron chi connectivity index (χ0n) is 15.9. The maximum atomic E-state index is 5.52. The van der Waals surface area contributed by atoms with Gasteiger partial charge in [0.15, 0.2) is 0 Å². The first kappa shape index (κ1) is 22.2. The quantitative estimate of drug-likeness (QED) is 0.690. The van der Waals surface area contributed by atoms with Gasteiger partial charge < -0.3 is 14.2 Å². The molecule has 0 saturated carbocycles. The Balaban J connectivity index is 0. The van der Waals surface area contributed by atoms with Crippen LogP contribution in [0.2, 0.25) is 0 Å². The van der Waals surface area contributed by atoms with Gasteiger partial charge in [-0.2, -0.15) is 0 Å². The fraction of sp³-hybridized carbons (Fsp3) is 1.00. The molecule has 0 aliphatic heterocycles. The van der Waals surface area contributed by atoms with Crippen molar-refractivity contribution in [3.05, 3.63) is 0 Å². The van der Waals surface area contributed by atoms with Crippen molar-refractivity contribution in [3.8, 4) is 0 Å². The number of hydrogen-bond donors (Lipinski definition) is 0. The Kier molecular flexibility index (Phi) is 8.61. The van der Waals surface area contributed by atoms with Crippen LogP contribution >= 0.6 is 0 Å².